The molecule has 0 spiro atoms. The molecule has 0 aromatic carbocycles. The molecule has 0 amide bonds. The van der Waals surface area contributed by atoms with Gasteiger partial charge >= 0.3 is 134 Å². The van der Waals surface area contributed by atoms with E-state index in [0.29, 0.717) is 0 Å². The molecule has 0 aliphatic carbocycles. The van der Waals surface area contributed by atoms with E-state index in [0.717, 1.165) is 0 Å². The fraction of sp³-hybridized carbons (Fsp3) is 0. The Labute approximate surface area is 182 Å². The molecular formula is H10KNa2O11P3. The normalized spacial score (nSPS) is 10.8. The maximum atomic E-state index is 9.63. The quantitative estimate of drug-likeness (QED) is 0.188. The SMILES string of the molecule is O=P(O)(O)O.O=P(O)(O)OP(=O)(O)O.[KH].[NaH].[NaH]. The Bertz CT molecular complexity index is 268. The van der Waals surface area contributed by atoms with Crippen LogP contribution in [-0.2, 0) is 18.0 Å². The van der Waals surface area contributed by atoms with Crippen LogP contribution in [0.25, 0.3) is 0 Å². The Morgan fingerprint density at radius 2 is 0.765 bits per heavy atom. The third-order valence-electron chi connectivity index (χ3n) is 0.213. The van der Waals surface area contributed by atoms with Gasteiger partial charge in [0.2, 0.25) is 0 Å². The summed E-state index contributed by atoms with van der Waals surface area (Å²) in [6.45, 7) is 0. The van der Waals surface area contributed by atoms with Crippen molar-refractivity contribution in [3.05, 3.63) is 0 Å². The van der Waals surface area contributed by atoms with Gasteiger partial charge in [-0.05, 0) is 0 Å². The molecule has 0 aromatic heterocycles. The average molecular weight is 364 g/mol. The predicted molar refractivity (Wildman–Crippen MR) is 60.9 cm³/mol. The average Bonchev–Trinajstić information content (AvgIpc) is 1.42. The van der Waals surface area contributed by atoms with Crippen molar-refractivity contribution in [2.45, 2.75) is 0 Å². The minimum atomic E-state index is -5.05. The fourth-order valence-corrected chi connectivity index (χ4v) is 1.25. The molecule has 0 radical (unpaired) electrons. The Balaban J connectivity index is -0.0000000533. The summed E-state index contributed by atoms with van der Waals surface area (Å²) in [5, 5.41) is 0. The van der Waals surface area contributed by atoms with Crippen LogP contribution in [0.15, 0.2) is 0 Å². The van der Waals surface area contributed by atoms with E-state index < -0.39 is 23.5 Å². The molecule has 0 bridgehead atoms. The number of phosphoric acid groups is 3. The number of hydrogen-bond acceptors (Lipinski definition) is 4. The summed E-state index contributed by atoms with van der Waals surface area (Å²) < 4.78 is 31.1. The topological polar surface area (TPSA) is 202 Å². The van der Waals surface area contributed by atoms with E-state index >= 15 is 0 Å². The molecule has 94 valence electrons. The Morgan fingerprint density at radius 3 is 0.765 bits per heavy atom. The Kier molecular flexibility index (Phi) is 26.4. The van der Waals surface area contributed by atoms with Crippen LogP contribution in [0, 0.1) is 0 Å². The maximum absolute atomic E-state index is 9.63. The molecule has 7 N–H and O–H groups in total. The molecule has 0 rings (SSSR count). The van der Waals surface area contributed by atoms with Gasteiger partial charge in [0.1, 0.15) is 0 Å². The first-order chi connectivity index (χ1) is 5.71. The van der Waals surface area contributed by atoms with E-state index in [1.807, 2.05) is 0 Å². The van der Waals surface area contributed by atoms with Crippen molar-refractivity contribution in [2.24, 2.45) is 0 Å². The van der Waals surface area contributed by atoms with Crippen LogP contribution in [0.5, 0.6) is 0 Å². The molecule has 0 aliphatic heterocycles. The Hall–Kier alpha value is 4.01. The van der Waals surface area contributed by atoms with Gasteiger partial charge in [0.25, 0.3) is 0 Å². The van der Waals surface area contributed by atoms with Crippen molar-refractivity contribution in [1.29, 1.82) is 0 Å². The van der Waals surface area contributed by atoms with Crippen LogP contribution in [-0.4, -0.2) is 145 Å². The van der Waals surface area contributed by atoms with Crippen LogP contribution in [0.4, 0.5) is 0 Å². The first-order valence-corrected chi connectivity index (χ1v) is 6.94. The molecule has 0 fully saturated rings. The summed E-state index contributed by atoms with van der Waals surface area (Å²) >= 11 is 0. The molecule has 0 aliphatic rings. The second-order valence-corrected chi connectivity index (χ2v) is 5.22. The summed E-state index contributed by atoms with van der Waals surface area (Å²) in [4.78, 5) is 52.6. The predicted octanol–water partition coefficient (Wildman–Crippen LogP) is -3.69. The monoisotopic (exact) mass is 364 g/mol. The zero-order valence-corrected chi connectivity index (χ0v) is 8.79. The Morgan fingerprint density at radius 1 is 0.647 bits per heavy atom. The van der Waals surface area contributed by atoms with Crippen LogP contribution in [0.2, 0.25) is 0 Å². The minimum absolute atomic E-state index is 0. The molecule has 0 atom stereocenters. The molecular weight excluding hydrogens is 354 g/mol. The summed E-state index contributed by atoms with van der Waals surface area (Å²) in [7, 11) is -14.7. The summed E-state index contributed by atoms with van der Waals surface area (Å²) in [5.74, 6) is 0. The van der Waals surface area contributed by atoms with Crippen LogP contribution >= 0.6 is 23.5 Å². The van der Waals surface area contributed by atoms with E-state index in [1.54, 1.807) is 0 Å². The van der Waals surface area contributed by atoms with Gasteiger partial charge in [0.15, 0.2) is 0 Å². The van der Waals surface area contributed by atoms with E-state index in [4.69, 9.17) is 38.8 Å². The van der Waals surface area contributed by atoms with Gasteiger partial charge in [-0.2, -0.15) is 4.31 Å². The third kappa shape index (κ3) is 64.8. The second-order valence-electron chi connectivity index (χ2n) is 1.58. The fourth-order valence-electron chi connectivity index (χ4n) is 0.139. The summed E-state index contributed by atoms with van der Waals surface area (Å²) in [6, 6.07) is 0. The summed E-state index contributed by atoms with van der Waals surface area (Å²) in [6.07, 6.45) is 0. The number of rotatable bonds is 2. The van der Waals surface area contributed by atoms with Crippen LogP contribution < -0.4 is 0 Å². The van der Waals surface area contributed by atoms with Crippen molar-refractivity contribution in [1.82, 2.24) is 0 Å². The number of hydrogen-bond donors (Lipinski definition) is 7. The second kappa shape index (κ2) is 13.7. The van der Waals surface area contributed by atoms with Crippen molar-refractivity contribution in [3.8, 4) is 0 Å². The summed E-state index contributed by atoms with van der Waals surface area (Å²) in [5.41, 5.74) is 0. The van der Waals surface area contributed by atoms with Gasteiger partial charge in [0.05, 0.1) is 0 Å². The van der Waals surface area contributed by atoms with Gasteiger partial charge in [-0.15, -0.1) is 0 Å². The van der Waals surface area contributed by atoms with Crippen molar-refractivity contribution < 1.29 is 52.3 Å². The molecule has 17 heteroatoms. The molecule has 0 aromatic rings. The molecule has 17 heavy (non-hydrogen) atoms. The molecule has 0 saturated carbocycles. The van der Waals surface area contributed by atoms with Crippen molar-refractivity contribution in [2.75, 3.05) is 0 Å². The molecule has 0 saturated heterocycles. The van der Waals surface area contributed by atoms with Crippen molar-refractivity contribution in [3.63, 3.8) is 0 Å². The first kappa shape index (κ1) is 32.8. The molecule has 0 unspecified atom stereocenters. The molecule has 11 nitrogen and oxygen atoms in total. The zero-order chi connectivity index (χ0) is 12.2. The van der Waals surface area contributed by atoms with Gasteiger partial charge in [-0.3, -0.25) is 0 Å². The van der Waals surface area contributed by atoms with E-state index in [1.165, 1.54) is 0 Å². The van der Waals surface area contributed by atoms with E-state index in [-0.39, 0.29) is 110 Å². The van der Waals surface area contributed by atoms with Crippen LogP contribution in [0.1, 0.15) is 0 Å². The van der Waals surface area contributed by atoms with Crippen LogP contribution in [0.3, 0.4) is 0 Å². The van der Waals surface area contributed by atoms with Crippen molar-refractivity contribution >= 4 is 134 Å². The van der Waals surface area contributed by atoms with Gasteiger partial charge in [-0.25, -0.2) is 13.7 Å². The standard InChI is InChI=1S/K.2Na.H4O7P2.H3O4P.3H/c;;;1-8(2,3)7-9(4,5)6;1-5(2,3)4;;;/h;;;(H2,1,2,3)(H2,4,5,6);(H3,1,2,3,4);;;. The first-order valence-electron chi connectivity index (χ1n) is 2.31. The van der Waals surface area contributed by atoms with Gasteiger partial charge in [-0.1, -0.05) is 0 Å². The van der Waals surface area contributed by atoms with Gasteiger partial charge in [0, 0.05) is 0 Å². The molecule has 0 heterocycles. The zero-order valence-electron chi connectivity index (χ0n) is 6.11. The van der Waals surface area contributed by atoms with E-state index in [2.05, 4.69) is 4.31 Å². The van der Waals surface area contributed by atoms with Gasteiger partial charge < -0.3 is 34.3 Å². The van der Waals surface area contributed by atoms with E-state index in [9.17, 15) is 9.13 Å². The third-order valence-corrected chi connectivity index (χ3v) is 1.91.